The van der Waals surface area contributed by atoms with Crippen LogP contribution in [0, 0.1) is 5.82 Å². The second-order valence-corrected chi connectivity index (χ2v) is 10.3. The summed E-state index contributed by atoms with van der Waals surface area (Å²) in [6, 6.07) is 8.49. The van der Waals surface area contributed by atoms with Crippen molar-refractivity contribution in [2.45, 2.75) is 45.4 Å². The number of primary amides is 1. The number of carbonyl (C=O) groups is 4. The van der Waals surface area contributed by atoms with Crippen molar-refractivity contribution in [3.05, 3.63) is 65.1 Å². The van der Waals surface area contributed by atoms with Crippen LogP contribution in [0.25, 0.3) is 10.9 Å². The lowest BCUT2D eigenvalue weighted by atomic mass is 10.2. The van der Waals surface area contributed by atoms with Crippen LogP contribution in [0.1, 0.15) is 32.8 Å². The summed E-state index contributed by atoms with van der Waals surface area (Å²) in [4.78, 5) is 51.7. The molecule has 0 aliphatic carbocycles. The molecule has 0 spiro atoms. The van der Waals surface area contributed by atoms with Crippen LogP contribution in [0.5, 0.6) is 0 Å². The first-order valence-electron chi connectivity index (χ1n) is 12.1. The van der Waals surface area contributed by atoms with Crippen LogP contribution < -0.4 is 16.4 Å². The van der Waals surface area contributed by atoms with E-state index in [2.05, 4.69) is 10.6 Å². The third kappa shape index (κ3) is 5.90. The van der Waals surface area contributed by atoms with Crippen molar-refractivity contribution in [1.82, 2.24) is 19.9 Å². The summed E-state index contributed by atoms with van der Waals surface area (Å²) < 4.78 is 20.9. The molecule has 1 saturated heterocycles. The Morgan fingerprint density at radius 3 is 2.54 bits per heavy atom. The van der Waals surface area contributed by atoms with Crippen LogP contribution in [0.2, 0.25) is 5.02 Å². The number of amides is 5. The lowest BCUT2D eigenvalue weighted by molar-refractivity contribution is -0.127. The molecule has 2 aromatic carbocycles. The normalized spacial score (nSPS) is 15.4. The van der Waals surface area contributed by atoms with Crippen molar-refractivity contribution in [3.63, 3.8) is 0 Å². The minimum atomic E-state index is -1.12. The summed E-state index contributed by atoms with van der Waals surface area (Å²) in [7, 11) is 0. The van der Waals surface area contributed by atoms with Gasteiger partial charge in [0.15, 0.2) is 0 Å². The number of aromatic nitrogens is 1. The number of hydrogen-bond donors (Lipinski definition) is 3. The number of carbonyl (C=O) groups excluding carboxylic acids is 4. The van der Waals surface area contributed by atoms with E-state index in [0.29, 0.717) is 10.9 Å². The van der Waals surface area contributed by atoms with Crippen molar-refractivity contribution in [1.29, 1.82) is 0 Å². The number of rotatable bonds is 4. The third-order valence-electron chi connectivity index (χ3n) is 5.96. The van der Waals surface area contributed by atoms with Crippen LogP contribution in [0.15, 0.2) is 48.7 Å². The third-order valence-corrected chi connectivity index (χ3v) is 6.25. The van der Waals surface area contributed by atoms with E-state index in [1.165, 1.54) is 22.9 Å². The van der Waals surface area contributed by atoms with Crippen LogP contribution in [-0.4, -0.2) is 56.8 Å². The number of nitrogens with zero attached hydrogens (tertiary/aromatic N) is 3. The topological polar surface area (TPSA) is 139 Å². The second-order valence-electron chi connectivity index (χ2n) is 9.88. The van der Waals surface area contributed by atoms with Gasteiger partial charge in [-0.15, -0.1) is 0 Å². The summed E-state index contributed by atoms with van der Waals surface area (Å²) in [5.41, 5.74) is 5.47. The molecule has 1 atom stereocenters. The number of halogens is 2. The SMILES string of the molecule is CC(C)(C)OC(=O)N1CC[C@H](C(=O)NCc2cccc(Cl)c2F)N1C(=O)Nc1cn(C(N)=O)c2ccccc12. The molecule has 1 aliphatic heterocycles. The highest BCUT2D eigenvalue weighted by atomic mass is 35.5. The quantitative estimate of drug-likeness (QED) is 0.434. The zero-order valence-electron chi connectivity index (χ0n) is 21.5. The molecule has 0 bridgehead atoms. The van der Waals surface area contributed by atoms with Gasteiger partial charge in [-0.2, -0.15) is 0 Å². The number of nitrogens with two attached hydrogens (primary N) is 1. The lowest BCUT2D eigenvalue weighted by Crippen LogP contribution is -2.55. The fourth-order valence-electron chi connectivity index (χ4n) is 4.25. The van der Waals surface area contributed by atoms with Gasteiger partial charge in [-0.25, -0.2) is 28.8 Å². The number of hydrogen-bond acceptors (Lipinski definition) is 5. The van der Waals surface area contributed by atoms with E-state index >= 15 is 0 Å². The van der Waals surface area contributed by atoms with E-state index in [1.54, 1.807) is 51.1 Å². The van der Waals surface area contributed by atoms with Crippen molar-refractivity contribution in [2.75, 3.05) is 11.9 Å². The number of urea groups is 1. The maximum absolute atomic E-state index is 14.3. The van der Waals surface area contributed by atoms with E-state index in [-0.39, 0.29) is 35.8 Å². The van der Waals surface area contributed by atoms with E-state index in [4.69, 9.17) is 22.1 Å². The Morgan fingerprint density at radius 1 is 1.13 bits per heavy atom. The molecule has 1 aromatic heterocycles. The average molecular weight is 559 g/mol. The highest BCUT2D eigenvalue weighted by Crippen LogP contribution is 2.28. The number of ether oxygens (including phenoxy) is 1. The molecule has 4 N–H and O–H groups in total. The smallest absolute Gasteiger partial charge is 0.429 e. The lowest BCUT2D eigenvalue weighted by Gasteiger charge is -2.32. The summed E-state index contributed by atoms with van der Waals surface area (Å²) >= 11 is 5.83. The molecule has 3 aromatic rings. The summed E-state index contributed by atoms with van der Waals surface area (Å²) in [5.74, 6) is -1.28. The Balaban J connectivity index is 1.61. The molecule has 5 amide bonds. The summed E-state index contributed by atoms with van der Waals surface area (Å²) in [6.45, 7) is 4.85. The molecule has 11 nitrogen and oxygen atoms in total. The Bertz CT molecular complexity index is 1450. The average Bonchev–Trinajstić information content (AvgIpc) is 3.47. The van der Waals surface area contributed by atoms with Crippen molar-refractivity contribution in [2.24, 2.45) is 5.73 Å². The molecule has 39 heavy (non-hydrogen) atoms. The maximum Gasteiger partial charge on any atom is 0.429 e. The fourth-order valence-corrected chi connectivity index (χ4v) is 4.44. The van der Waals surface area contributed by atoms with Gasteiger partial charge < -0.3 is 21.1 Å². The van der Waals surface area contributed by atoms with Crippen LogP contribution in [0.4, 0.5) is 24.5 Å². The molecule has 4 rings (SSSR count). The van der Waals surface area contributed by atoms with Gasteiger partial charge in [-0.1, -0.05) is 41.9 Å². The predicted octanol–water partition coefficient (Wildman–Crippen LogP) is 4.44. The first-order valence-corrected chi connectivity index (χ1v) is 12.5. The number of para-hydroxylation sites is 1. The number of hydrazine groups is 1. The maximum atomic E-state index is 14.3. The van der Waals surface area contributed by atoms with E-state index in [1.807, 2.05) is 0 Å². The first-order chi connectivity index (χ1) is 18.4. The van der Waals surface area contributed by atoms with Gasteiger partial charge in [-0.3, -0.25) is 9.36 Å². The Morgan fingerprint density at radius 2 is 1.85 bits per heavy atom. The monoisotopic (exact) mass is 558 g/mol. The molecule has 0 unspecified atom stereocenters. The second kappa shape index (κ2) is 10.8. The molecule has 2 heterocycles. The number of benzene rings is 2. The summed E-state index contributed by atoms with van der Waals surface area (Å²) in [5, 5.41) is 7.72. The highest BCUT2D eigenvalue weighted by molar-refractivity contribution is 6.30. The summed E-state index contributed by atoms with van der Waals surface area (Å²) in [6.07, 6.45) is 0.628. The molecular weight excluding hydrogens is 531 g/mol. The molecule has 206 valence electrons. The van der Waals surface area contributed by atoms with Crippen molar-refractivity contribution < 1.29 is 28.3 Å². The number of nitrogens with one attached hydrogen (secondary N) is 2. The molecular formula is C26H28ClFN6O5. The molecule has 1 aliphatic rings. The van der Waals surface area contributed by atoms with Crippen molar-refractivity contribution in [3.8, 4) is 0 Å². The fraction of sp³-hybridized carbons (Fsp3) is 0.308. The molecule has 0 radical (unpaired) electrons. The van der Waals surface area contributed by atoms with Gasteiger partial charge in [0, 0.05) is 30.2 Å². The van der Waals surface area contributed by atoms with Gasteiger partial charge in [-0.05, 0) is 39.3 Å². The van der Waals surface area contributed by atoms with Gasteiger partial charge in [0.05, 0.1) is 16.2 Å². The van der Waals surface area contributed by atoms with Gasteiger partial charge in [0.2, 0.25) is 5.91 Å². The van der Waals surface area contributed by atoms with Gasteiger partial charge in [0.1, 0.15) is 17.5 Å². The van der Waals surface area contributed by atoms with Crippen LogP contribution in [-0.2, 0) is 16.1 Å². The Hall–Kier alpha value is -4.32. The highest BCUT2D eigenvalue weighted by Gasteiger charge is 2.44. The largest absolute Gasteiger partial charge is 0.442 e. The zero-order chi connectivity index (χ0) is 28.5. The van der Waals surface area contributed by atoms with E-state index in [0.717, 1.165) is 10.0 Å². The molecule has 13 heteroatoms. The minimum absolute atomic E-state index is 0.00892. The number of fused-ring (bicyclic) bond motifs is 1. The minimum Gasteiger partial charge on any atom is -0.442 e. The first kappa shape index (κ1) is 27.7. The van der Waals surface area contributed by atoms with E-state index in [9.17, 15) is 23.6 Å². The molecule has 0 saturated carbocycles. The van der Waals surface area contributed by atoms with Gasteiger partial charge in [0.25, 0.3) is 0 Å². The Kier molecular flexibility index (Phi) is 7.68. The molecule has 1 fully saturated rings. The number of anilines is 1. The Labute approximate surface area is 228 Å². The van der Waals surface area contributed by atoms with Gasteiger partial charge >= 0.3 is 18.2 Å². The van der Waals surface area contributed by atoms with Crippen LogP contribution in [0.3, 0.4) is 0 Å². The predicted molar refractivity (Wildman–Crippen MR) is 142 cm³/mol. The van der Waals surface area contributed by atoms with Crippen LogP contribution >= 0.6 is 11.6 Å². The standard InChI is InChI=1S/C26H28ClFN6O5/c1-26(2,3)39-25(38)33-12-11-20(22(35)30-13-15-7-6-9-17(27)21(15)28)34(33)24(37)31-18-14-32(23(29)36)19-10-5-4-8-16(18)19/h4-10,14,20H,11-13H2,1-3H3,(H2,29,36)(H,30,35)(H,31,37)/t20-/m1/s1. The zero-order valence-corrected chi connectivity index (χ0v) is 22.3. The van der Waals surface area contributed by atoms with E-state index < -0.39 is 41.5 Å². The van der Waals surface area contributed by atoms with Crippen molar-refractivity contribution >= 4 is 52.3 Å².